The van der Waals surface area contributed by atoms with Gasteiger partial charge < -0.3 is 14.4 Å². The first-order chi connectivity index (χ1) is 8.69. The second kappa shape index (κ2) is 4.75. The molecule has 2 aliphatic rings. The number of hydrogen-bond acceptors (Lipinski definition) is 4. The minimum atomic E-state index is -0.428. The zero-order valence-corrected chi connectivity index (χ0v) is 11.5. The maximum Gasteiger partial charge on any atom is 0.171 e. The molecule has 1 aromatic heterocycles. The largest absolute Gasteiger partial charge is 0.354 e. The van der Waals surface area contributed by atoms with Crippen molar-refractivity contribution in [1.82, 2.24) is 4.98 Å². The van der Waals surface area contributed by atoms with Crippen LogP contribution in [-0.4, -0.2) is 37.1 Å². The summed E-state index contributed by atoms with van der Waals surface area (Å²) in [5, 5.41) is 0. The molecule has 1 aromatic rings. The van der Waals surface area contributed by atoms with Gasteiger partial charge in [0.05, 0.1) is 13.2 Å². The summed E-state index contributed by atoms with van der Waals surface area (Å²) in [4.78, 5) is 6.08. The summed E-state index contributed by atoms with van der Waals surface area (Å²) in [6, 6.07) is 1.44. The second-order valence-electron chi connectivity index (χ2n) is 4.55. The molecule has 0 atom stereocenters. The summed E-state index contributed by atoms with van der Waals surface area (Å²) < 4.78 is 25.7. The molecule has 0 unspecified atom stereocenters. The highest BCUT2D eigenvalue weighted by atomic mass is 79.9. The number of nitrogens with zero attached hydrogens (tertiary/aromatic N) is 2. The Labute approximate surface area is 113 Å². The Bertz CT molecular complexity index is 442. The predicted octanol–water partition coefficient (Wildman–Crippen LogP) is 2.33. The molecule has 0 saturated carbocycles. The number of piperidine rings is 1. The van der Waals surface area contributed by atoms with Gasteiger partial charge in [0.25, 0.3) is 0 Å². The molecule has 0 radical (unpaired) electrons. The van der Waals surface area contributed by atoms with Crippen LogP contribution >= 0.6 is 15.9 Å². The summed E-state index contributed by atoms with van der Waals surface area (Å²) >= 11 is 3.21. The van der Waals surface area contributed by atoms with Gasteiger partial charge in [-0.3, -0.25) is 0 Å². The quantitative estimate of drug-likeness (QED) is 0.796. The normalized spacial score (nSPS) is 22.7. The molecular weight excluding hydrogens is 303 g/mol. The molecule has 0 bridgehead atoms. The summed E-state index contributed by atoms with van der Waals surface area (Å²) in [7, 11) is 0. The standard InChI is InChI=1S/C12H14BrFN2O2/c13-9-7-10(14)11(15-8-9)16-3-1-12(2-4-16)17-5-6-18-12/h7-8H,1-6H2. The summed E-state index contributed by atoms with van der Waals surface area (Å²) in [5.74, 6) is -0.317. The van der Waals surface area contributed by atoms with Gasteiger partial charge >= 0.3 is 0 Å². The fourth-order valence-corrected chi connectivity index (χ4v) is 2.79. The van der Waals surface area contributed by atoms with E-state index in [0.29, 0.717) is 36.6 Å². The molecule has 2 saturated heterocycles. The Hall–Kier alpha value is -0.720. The van der Waals surface area contributed by atoms with Crippen LogP contribution in [0.5, 0.6) is 0 Å². The van der Waals surface area contributed by atoms with Gasteiger partial charge in [-0.15, -0.1) is 0 Å². The van der Waals surface area contributed by atoms with Crippen molar-refractivity contribution in [1.29, 1.82) is 0 Å². The zero-order chi connectivity index (χ0) is 12.6. The Morgan fingerprint density at radius 3 is 2.56 bits per heavy atom. The number of rotatable bonds is 1. The molecule has 2 aliphatic heterocycles. The van der Waals surface area contributed by atoms with Crippen LogP contribution < -0.4 is 4.90 Å². The minimum Gasteiger partial charge on any atom is -0.354 e. The van der Waals surface area contributed by atoms with Crippen LogP contribution in [-0.2, 0) is 9.47 Å². The highest BCUT2D eigenvalue weighted by molar-refractivity contribution is 9.10. The van der Waals surface area contributed by atoms with Gasteiger partial charge in [-0.25, -0.2) is 9.37 Å². The number of halogens is 2. The van der Waals surface area contributed by atoms with Crippen molar-refractivity contribution in [2.75, 3.05) is 31.2 Å². The van der Waals surface area contributed by atoms with Crippen molar-refractivity contribution in [2.24, 2.45) is 0 Å². The van der Waals surface area contributed by atoms with Crippen molar-refractivity contribution >= 4 is 21.7 Å². The first kappa shape index (κ1) is 12.3. The maximum absolute atomic E-state index is 13.8. The van der Waals surface area contributed by atoms with Crippen molar-refractivity contribution in [3.63, 3.8) is 0 Å². The molecule has 0 aliphatic carbocycles. The minimum absolute atomic E-state index is 0.298. The van der Waals surface area contributed by atoms with E-state index in [1.807, 2.05) is 4.90 Å². The Morgan fingerprint density at radius 1 is 1.28 bits per heavy atom. The van der Waals surface area contributed by atoms with Crippen molar-refractivity contribution in [2.45, 2.75) is 18.6 Å². The predicted molar refractivity (Wildman–Crippen MR) is 68.0 cm³/mol. The Kier molecular flexibility index (Phi) is 3.25. The SMILES string of the molecule is Fc1cc(Br)cnc1N1CCC2(CC1)OCCO2. The van der Waals surface area contributed by atoms with Crippen LogP contribution in [0.15, 0.2) is 16.7 Å². The highest BCUT2D eigenvalue weighted by Crippen LogP contribution is 2.33. The lowest BCUT2D eigenvalue weighted by atomic mass is 10.0. The molecule has 18 heavy (non-hydrogen) atoms. The zero-order valence-electron chi connectivity index (χ0n) is 9.86. The van der Waals surface area contributed by atoms with E-state index in [0.717, 1.165) is 12.8 Å². The third-order valence-corrected chi connectivity index (χ3v) is 3.86. The summed E-state index contributed by atoms with van der Waals surface area (Å²) in [6.07, 6.45) is 3.12. The lowest BCUT2D eigenvalue weighted by Gasteiger charge is -2.38. The van der Waals surface area contributed by atoms with Crippen LogP contribution in [0.25, 0.3) is 0 Å². The number of aromatic nitrogens is 1. The smallest absolute Gasteiger partial charge is 0.171 e. The molecule has 2 fully saturated rings. The second-order valence-corrected chi connectivity index (χ2v) is 5.47. The van der Waals surface area contributed by atoms with E-state index >= 15 is 0 Å². The van der Waals surface area contributed by atoms with E-state index in [4.69, 9.17) is 9.47 Å². The van der Waals surface area contributed by atoms with Crippen LogP contribution in [0.2, 0.25) is 0 Å². The number of anilines is 1. The highest BCUT2D eigenvalue weighted by Gasteiger charge is 2.40. The van der Waals surface area contributed by atoms with Crippen LogP contribution in [0.4, 0.5) is 10.2 Å². The maximum atomic E-state index is 13.8. The van der Waals surface area contributed by atoms with E-state index in [1.165, 1.54) is 6.07 Å². The van der Waals surface area contributed by atoms with E-state index in [1.54, 1.807) is 6.20 Å². The van der Waals surface area contributed by atoms with Gasteiger partial charge in [0.15, 0.2) is 17.4 Å². The first-order valence-corrected chi connectivity index (χ1v) is 6.82. The molecule has 98 valence electrons. The molecule has 0 N–H and O–H groups in total. The average Bonchev–Trinajstić information content (AvgIpc) is 2.80. The lowest BCUT2D eigenvalue weighted by molar-refractivity contribution is -0.169. The van der Waals surface area contributed by atoms with Crippen LogP contribution in [0, 0.1) is 5.82 Å². The van der Waals surface area contributed by atoms with Crippen molar-refractivity contribution in [3.05, 3.63) is 22.6 Å². The molecule has 3 heterocycles. The van der Waals surface area contributed by atoms with Gasteiger partial charge in [-0.2, -0.15) is 0 Å². The van der Waals surface area contributed by atoms with E-state index < -0.39 is 5.79 Å². The molecule has 0 amide bonds. The van der Waals surface area contributed by atoms with E-state index in [9.17, 15) is 4.39 Å². The summed E-state index contributed by atoms with van der Waals surface area (Å²) in [6.45, 7) is 2.72. The van der Waals surface area contributed by atoms with E-state index in [-0.39, 0.29) is 5.82 Å². The average molecular weight is 317 g/mol. The first-order valence-electron chi connectivity index (χ1n) is 6.02. The third kappa shape index (κ3) is 2.24. The van der Waals surface area contributed by atoms with Gasteiger partial charge in [0, 0.05) is 36.6 Å². The van der Waals surface area contributed by atoms with Gasteiger partial charge in [0.1, 0.15) is 0 Å². The lowest BCUT2D eigenvalue weighted by Crippen LogP contribution is -2.45. The van der Waals surface area contributed by atoms with Gasteiger partial charge in [0.2, 0.25) is 0 Å². The number of hydrogen-bond donors (Lipinski definition) is 0. The molecule has 6 heteroatoms. The Balaban J connectivity index is 1.72. The van der Waals surface area contributed by atoms with Crippen LogP contribution in [0.3, 0.4) is 0 Å². The number of ether oxygens (including phenoxy) is 2. The van der Waals surface area contributed by atoms with E-state index in [2.05, 4.69) is 20.9 Å². The Morgan fingerprint density at radius 2 is 1.94 bits per heavy atom. The molecular formula is C12H14BrFN2O2. The third-order valence-electron chi connectivity index (χ3n) is 3.43. The monoisotopic (exact) mass is 316 g/mol. The van der Waals surface area contributed by atoms with Gasteiger partial charge in [-0.05, 0) is 22.0 Å². The molecule has 1 spiro atoms. The number of pyridine rings is 1. The van der Waals surface area contributed by atoms with Crippen LogP contribution in [0.1, 0.15) is 12.8 Å². The molecule has 3 rings (SSSR count). The molecule has 0 aromatic carbocycles. The topological polar surface area (TPSA) is 34.6 Å². The molecule has 4 nitrogen and oxygen atoms in total. The van der Waals surface area contributed by atoms with Crippen molar-refractivity contribution < 1.29 is 13.9 Å². The fourth-order valence-electron chi connectivity index (χ4n) is 2.48. The fraction of sp³-hybridized carbons (Fsp3) is 0.583. The van der Waals surface area contributed by atoms with Crippen molar-refractivity contribution in [3.8, 4) is 0 Å². The van der Waals surface area contributed by atoms with Gasteiger partial charge in [-0.1, -0.05) is 0 Å². The summed E-state index contributed by atoms with van der Waals surface area (Å²) in [5.41, 5.74) is 0.